The third-order valence-corrected chi connectivity index (χ3v) is 2.47. The summed E-state index contributed by atoms with van der Waals surface area (Å²) in [5.74, 6) is 0. The van der Waals surface area contributed by atoms with Gasteiger partial charge >= 0.3 is 0 Å². The highest BCUT2D eigenvalue weighted by molar-refractivity contribution is 6.30. The first kappa shape index (κ1) is 8.97. The Morgan fingerprint density at radius 2 is 2.31 bits per heavy atom. The van der Waals surface area contributed by atoms with Crippen molar-refractivity contribution in [3.8, 4) is 0 Å². The van der Waals surface area contributed by atoms with Crippen molar-refractivity contribution in [3.05, 3.63) is 34.9 Å². The van der Waals surface area contributed by atoms with Crippen LogP contribution in [0.2, 0.25) is 5.02 Å². The van der Waals surface area contributed by atoms with Crippen molar-refractivity contribution in [3.63, 3.8) is 0 Å². The van der Waals surface area contributed by atoms with E-state index >= 15 is 0 Å². The zero-order chi connectivity index (χ0) is 9.26. The minimum absolute atomic E-state index is 0.110. The van der Waals surface area contributed by atoms with Crippen LogP contribution in [0.1, 0.15) is 11.6 Å². The summed E-state index contributed by atoms with van der Waals surface area (Å²) in [6, 6.07) is 8.03. The molecule has 70 valence electrons. The van der Waals surface area contributed by atoms with E-state index < -0.39 is 0 Å². The molecule has 13 heavy (non-hydrogen) atoms. The zero-order valence-corrected chi connectivity index (χ0v) is 7.88. The van der Waals surface area contributed by atoms with Crippen LogP contribution in [-0.2, 0) is 0 Å². The number of nitrogens with one attached hydrogen (secondary N) is 2. The molecule has 2 unspecified atom stereocenters. The lowest BCUT2D eigenvalue weighted by Gasteiger charge is -2.14. The molecule has 1 fully saturated rings. The number of halogens is 1. The summed E-state index contributed by atoms with van der Waals surface area (Å²) in [6.45, 7) is 0.789. The molecule has 0 bridgehead atoms. The van der Waals surface area contributed by atoms with E-state index in [0.29, 0.717) is 0 Å². The molecule has 1 aliphatic rings. The van der Waals surface area contributed by atoms with E-state index in [1.165, 1.54) is 0 Å². The molecule has 0 radical (unpaired) electrons. The van der Waals surface area contributed by atoms with Crippen LogP contribution in [0.15, 0.2) is 24.3 Å². The van der Waals surface area contributed by atoms with Crippen LogP contribution in [0.4, 0.5) is 0 Å². The van der Waals surface area contributed by atoms with Crippen molar-refractivity contribution in [1.82, 2.24) is 10.9 Å². The van der Waals surface area contributed by atoms with Gasteiger partial charge in [-0.2, -0.15) is 0 Å². The van der Waals surface area contributed by atoms with E-state index in [-0.39, 0.29) is 12.1 Å². The smallest absolute Gasteiger partial charge is 0.0626 e. The van der Waals surface area contributed by atoms with Gasteiger partial charge in [0, 0.05) is 17.6 Å². The first-order chi connectivity index (χ1) is 6.27. The molecule has 4 N–H and O–H groups in total. The van der Waals surface area contributed by atoms with E-state index in [4.69, 9.17) is 17.3 Å². The predicted octanol–water partition coefficient (Wildman–Crippen LogP) is 0.816. The van der Waals surface area contributed by atoms with Crippen LogP contribution < -0.4 is 16.6 Å². The van der Waals surface area contributed by atoms with E-state index in [1.807, 2.05) is 24.3 Å². The average molecular weight is 198 g/mol. The molecule has 1 aromatic rings. The monoisotopic (exact) mass is 197 g/mol. The highest BCUT2D eigenvalue weighted by atomic mass is 35.5. The van der Waals surface area contributed by atoms with Crippen molar-refractivity contribution >= 4 is 11.6 Å². The summed E-state index contributed by atoms with van der Waals surface area (Å²) < 4.78 is 0. The minimum Gasteiger partial charge on any atom is -0.325 e. The fourth-order valence-corrected chi connectivity index (χ4v) is 1.74. The number of nitrogens with two attached hydrogens (primary N) is 1. The Kier molecular flexibility index (Phi) is 2.51. The van der Waals surface area contributed by atoms with Gasteiger partial charge in [0.25, 0.3) is 0 Å². The topological polar surface area (TPSA) is 50.1 Å². The Balaban J connectivity index is 2.24. The van der Waals surface area contributed by atoms with Gasteiger partial charge in [-0.15, -0.1) is 0 Å². The normalized spacial score (nSPS) is 27.8. The Morgan fingerprint density at radius 1 is 1.46 bits per heavy atom. The van der Waals surface area contributed by atoms with Gasteiger partial charge in [-0.25, -0.2) is 5.43 Å². The highest BCUT2D eigenvalue weighted by Gasteiger charge is 2.24. The molecular weight excluding hydrogens is 186 g/mol. The van der Waals surface area contributed by atoms with Gasteiger partial charge in [-0.3, -0.25) is 5.43 Å². The van der Waals surface area contributed by atoms with Gasteiger partial charge in [0.1, 0.15) is 0 Å². The first-order valence-electron chi connectivity index (χ1n) is 4.27. The molecule has 2 rings (SSSR count). The Hall–Kier alpha value is -0.610. The third-order valence-electron chi connectivity index (χ3n) is 2.23. The van der Waals surface area contributed by atoms with Gasteiger partial charge in [-0.1, -0.05) is 23.7 Å². The quantitative estimate of drug-likeness (QED) is 0.625. The second-order valence-corrected chi connectivity index (χ2v) is 3.66. The molecule has 1 heterocycles. The molecule has 1 aliphatic heterocycles. The molecule has 0 spiro atoms. The summed E-state index contributed by atoms with van der Waals surface area (Å²) >= 11 is 5.88. The van der Waals surface area contributed by atoms with E-state index in [0.717, 1.165) is 17.1 Å². The maximum atomic E-state index is 5.89. The average Bonchev–Trinajstić information content (AvgIpc) is 2.51. The highest BCUT2D eigenvalue weighted by Crippen LogP contribution is 2.20. The SMILES string of the molecule is NC1CNNC1c1cccc(Cl)c1. The van der Waals surface area contributed by atoms with Crippen LogP contribution in [0.5, 0.6) is 0 Å². The van der Waals surface area contributed by atoms with Gasteiger partial charge in [0.05, 0.1) is 6.04 Å². The Labute approximate surface area is 82.2 Å². The third kappa shape index (κ3) is 1.84. The summed E-state index contributed by atoms with van der Waals surface area (Å²) in [5, 5.41) is 0.749. The van der Waals surface area contributed by atoms with E-state index in [9.17, 15) is 0 Å². The predicted molar refractivity (Wildman–Crippen MR) is 53.3 cm³/mol. The molecule has 0 saturated carbocycles. The van der Waals surface area contributed by atoms with E-state index in [2.05, 4.69) is 10.9 Å². The maximum absolute atomic E-state index is 5.89. The second kappa shape index (κ2) is 3.64. The number of benzene rings is 1. The molecule has 0 aromatic heterocycles. The van der Waals surface area contributed by atoms with Gasteiger partial charge < -0.3 is 5.73 Å². The van der Waals surface area contributed by atoms with Crippen LogP contribution in [-0.4, -0.2) is 12.6 Å². The largest absolute Gasteiger partial charge is 0.325 e. The van der Waals surface area contributed by atoms with Crippen molar-refractivity contribution in [1.29, 1.82) is 0 Å². The molecule has 0 amide bonds. The minimum atomic E-state index is 0.110. The molecule has 1 aromatic carbocycles. The fraction of sp³-hybridized carbons (Fsp3) is 0.333. The molecule has 3 nitrogen and oxygen atoms in total. The van der Waals surface area contributed by atoms with Gasteiger partial charge in [0.15, 0.2) is 0 Å². The van der Waals surface area contributed by atoms with Crippen LogP contribution in [0.3, 0.4) is 0 Å². The Morgan fingerprint density at radius 3 is 2.92 bits per heavy atom. The molecule has 0 aliphatic carbocycles. The number of hydrazine groups is 1. The zero-order valence-electron chi connectivity index (χ0n) is 7.13. The summed E-state index contributed by atoms with van der Waals surface area (Å²) in [5.41, 5.74) is 13.2. The maximum Gasteiger partial charge on any atom is 0.0626 e. The molecule has 1 saturated heterocycles. The van der Waals surface area contributed by atoms with Crippen molar-refractivity contribution < 1.29 is 0 Å². The Bertz CT molecular complexity index is 303. The van der Waals surface area contributed by atoms with Gasteiger partial charge in [-0.05, 0) is 17.7 Å². The van der Waals surface area contributed by atoms with Gasteiger partial charge in [0.2, 0.25) is 0 Å². The summed E-state index contributed by atoms with van der Waals surface area (Å²) in [7, 11) is 0. The first-order valence-corrected chi connectivity index (χ1v) is 4.64. The number of hydrogen-bond donors (Lipinski definition) is 3. The van der Waals surface area contributed by atoms with E-state index in [1.54, 1.807) is 0 Å². The van der Waals surface area contributed by atoms with Crippen LogP contribution in [0, 0.1) is 0 Å². The number of hydrogen-bond acceptors (Lipinski definition) is 3. The lowest BCUT2D eigenvalue weighted by Crippen LogP contribution is -2.29. The molecular formula is C9H12ClN3. The standard InChI is InChI=1S/C9H12ClN3/c10-7-3-1-2-6(4-7)9-8(11)5-12-13-9/h1-4,8-9,12-13H,5,11H2. The number of rotatable bonds is 1. The van der Waals surface area contributed by atoms with Crippen molar-refractivity contribution in [2.45, 2.75) is 12.1 Å². The van der Waals surface area contributed by atoms with Crippen LogP contribution in [0.25, 0.3) is 0 Å². The molecule has 4 heteroatoms. The van der Waals surface area contributed by atoms with Crippen molar-refractivity contribution in [2.24, 2.45) is 5.73 Å². The summed E-state index contributed by atoms with van der Waals surface area (Å²) in [6.07, 6.45) is 0. The van der Waals surface area contributed by atoms with Crippen molar-refractivity contribution in [2.75, 3.05) is 6.54 Å². The summed E-state index contributed by atoms with van der Waals surface area (Å²) in [4.78, 5) is 0. The lowest BCUT2D eigenvalue weighted by molar-refractivity contribution is 0.551. The van der Waals surface area contributed by atoms with Crippen LogP contribution >= 0.6 is 11.6 Å². The molecule has 2 atom stereocenters. The fourth-order valence-electron chi connectivity index (χ4n) is 1.54. The second-order valence-electron chi connectivity index (χ2n) is 3.22. The lowest BCUT2D eigenvalue weighted by atomic mass is 10.0.